The van der Waals surface area contributed by atoms with Crippen LogP contribution >= 0.6 is 0 Å². The van der Waals surface area contributed by atoms with Gasteiger partial charge in [0, 0.05) is 31.8 Å². The molecule has 18 heavy (non-hydrogen) atoms. The van der Waals surface area contributed by atoms with Crippen LogP contribution in [0.4, 0.5) is 0 Å². The third kappa shape index (κ3) is 3.94. The van der Waals surface area contributed by atoms with Crippen molar-refractivity contribution in [1.29, 1.82) is 0 Å². The second-order valence-electron chi connectivity index (χ2n) is 5.70. The summed E-state index contributed by atoms with van der Waals surface area (Å²) in [6.45, 7) is 12.5. The topological polar surface area (TPSA) is 24.5 Å². The van der Waals surface area contributed by atoms with Crippen molar-refractivity contribution >= 4 is 0 Å². The quantitative estimate of drug-likeness (QED) is 0.757. The van der Waals surface area contributed by atoms with Crippen LogP contribution in [0.15, 0.2) is 0 Å². The van der Waals surface area contributed by atoms with Crippen LogP contribution < -0.4 is 5.32 Å². The molecule has 0 aromatic rings. The summed E-state index contributed by atoms with van der Waals surface area (Å²) in [6.07, 6.45) is 3.67. The van der Waals surface area contributed by atoms with Crippen molar-refractivity contribution in [3.63, 3.8) is 0 Å². The minimum absolute atomic E-state index is 0.583. The molecule has 1 aliphatic heterocycles. The van der Waals surface area contributed by atoms with Gasteiger partial charge < -0.3 is 10.1 Å². The average Bonchev–Trinajstić information content (AvgIpc) is 2.38. The van der Waals surface area contributed by atoms with Crippen LogP contribution in [0.2, 0.25) is 0 Å². The zero-order valence-electron chi connectivity index (χ0n) is 12.9. The van der Waals surface area contributed by atoms with E-state index in [0.717, 1.165) is 19.1 Å². The van der Waals surface area contributed by atoms with E-state index in [0.29, 0.717) is 18.1 Å². The Bertz CT molecular complexity index is 223. The normalized spacial score (nSPS) is 31.5. The molecular weight excluding hydrogens is 224 g/mol. The smallest absolute Gasteiger partial charge is 0.0618 e. The molecule has 4 atom stereocenters. The van der Waals surface area contributed by atoms with Crippen molar-refractivity contribution < 1.29 is 4.74 Å². The Labute approximate surface area is 113 Å². The summed E-state index contributed by atoms with van der Waals surface area (Å²) in [5.74, 6) is 0.719. The molecule has 1 heterocycles. The summed E-state index contributed by atoms with van der Waals surface area (Å²) in [4.78, 5) is 2.65. The van der Waals surface area contributed by atoms with Crippen LogP contribution in [0.1, 0.15) is 47.0 Å². The fraction of sp³-hybridized carbons (Fsp3) is 1.00. The molecule has 4 unspecified atom stereocenters. The first-order valence-electron chi connectivity index (χ1n) is 7.63. The molecule has 0 bridgehead atoms. The predicted molar refractivity (Wildman–Crippen MR) is 78.0 cm³/mol. The SMILES string of the molecule is CCCNC1CCN(C(CC)COC)C(C)C1C. The maximum absolute atomic E-state index is 5.37. The van der Waals surface area contributed by atoms with Crippen molar-refractivity contribution in [2.75, 3.05) is 26.8 Å². The van der Waals surface area contributed by atoms with Gasteiger partial charge in [-0.15, -0.1) is 0 Å². The van der Waals surface area contributed by atoms with Gasteiger partial charge in [-0.3, -0.25) is 4.90 Å². The fourth-order valence-electron chi connectivity index (χ4n) is 3.17. The minimum Gasteiger partial charge on any atom is -0.383 e. The van der Waals surface area contributed by atoms with Gasteiger partial charge in [0.2, 0.25) is 0 Å². The second-order valence-corrected chi connectivity index (χ2v) is 5.70. The van der Waals surface area contributed by atoms with Crippen LogP contribution in [0.3, 0.4) is 0 Å². The standard InChI is InChI=1S/C15H32N2O/c1-6-9-16-15-8-10-17(13(4)12(15)3)14(7-2)11-18-5/h12-16H,6-11H2,1-5H3. The van der Waals surface area contributed by atoms with Crippen molar-refractivity contribution in [2.45, 2.75) is 65.1 Å². The van der Waals surface area contributed by atoms with Crippen LogP contribution in [0, 0.1) is 5.92 Å². The molecule has 0 radical (unpaired) electrons. The first-order chi connectivity index (χ1) is 8.65. The van der Waals surface area contributed by atoms with Gasteiger partial charge >= 0.3 is 0 Å². The molecule has 0 aromatic heterocycles. The molecule has 1 aliphatic rings. The largest absolute Gasteiger partial charge is 0.383 e. The summed E-state index contributed by atoms with van der Waals surface area (Å²) in [5.41, 5.74) is 0. The van der Waals surface area contributed by atoms with E-state index in [4.69, 9.17) is 4.74 Å². The summed E-state index contributed by atoms with van der Waals surface area (Å²) < 4.78 is 5.37. The van der Waals surface area contributed by atoms with Gasteiger partial charge in [-0.1, -0.05) is 20.8 Å². The highest BCUT2D eigenvalue weighted by Gasteiger charge is 2.34. The van der Waals surface area contributed by atoms with E-state index in [2.05, 4.69) is 37.9 Å². The van der Waals surface area contributed by atoms with E-state index in [1.165, 1.54) is 25.8 Å². The van der Waals surface area contributed by atoms with E-state index in [1.54, 1.807) is 0 Å². The Kier molecular flexibility index (Phi) is 7.20. The molecule has 0 aromatic carbocycles. The minimum atomic E-state index is 0.583. The molecule has 3 nitrogen and oxygen atoms in total. The Morgan fingerprint density at radius 3 is 2.61 bits per heavy atom. The lowest BCUT2D eigenvalue weighted by molar-refractivity contribution is 0.0105. The van der Waals surface area contributed by atoms with Crippen LogP contribution in [-0.2, 0) is 4.74 Å². The molecule has 108 valence electrons. The van der Waals surface area contributed by atoms with Crippen LogP contribution in [-0.4, -0.2) is 49.8 Å². The molecule has 1 fully saturated rings. The zero-order chi connectivity index (χ0) is 13.5. The lowest BCUT2D eigenvalue weighted by Gasteiger charge is -2.46. The van der Waals surface area contributed by atoms with E-state index >= 15 is 0 Å². The zero-order valence-corrected chi connectivity index (χ0v) is 12.9. The number of hydrogen-bond acceptors (Lipinski definition) is 3. The molecule has 0 aliphatic carbocycles. The molecule has 1 N–H and O–H groups in total. The number of rotatable bonds is 7. The van der Waals surface area contributed by atoms with E-state index in [-0.39, 0.29) is 0 Å². The van der Waals surface area contributed by atoms with Crippen LogP contribution in [0.5, 0.6) is 0 Å². The Morgan fingerprint density at radius 2 is 2.06 bits per heavy atom. The first kappa shape index (κ1) is 15.9. The highest BCUT2D eigenvalue weighted by Crippen LogP contribution is 2.26. The lowest BCUT2D eigenvalue weighted by atomic mass is 9.85. The number of ether oxygens (including phenoxy) is 1. The van der Waals surface area contributed by atoms with Crippen molar-refractivity contribution in [1.82, 2.24) is 10.2 Å². The number of likely N-dealkylation sites (tertiary alicyclic amines) is 1. The first-order valence-corrected chi connectivity index (χ1v) is 7.63. The highest BCUT2D eigenvalue weighted by molar-refractivity contribution is 4.91. The summed E-state index contributed by atoms with van der Waals surface area (Å²) in [6, 6.07) is 1.92. The predicted octanol–water partition coefficient (Wildman–Crippen LogP) is 2.51. The van der Waals surface area contributed by atoms with Crippen LogP contribution in [0.25, 0.3) is 0 Å². The second kappa shape index (κ2) is 8.13. The van der Waals surface area contributed by atoms with E-state index < -0.39 is 0 Å². The van der Waals surface area contributed by atoms with Gasteiger partial charge in [0.15, 0.2) is 0 Å². The monoisotopic (exact) mass is 256 g/mol. The fourth-order valence-corrected chi connectivity index (χ4v) is 3.17. The highest BCUT2D eigenvalue weighted by atomic mass is 16.5. The Morgan fingerprint density at radius 1 is 1.33 bits per heavy atom. The number of methoxy groups -OCH3 is 1. The molecular formula is C15H32N2O. The third-order valence-corrected chi connectivity index (χ3v) is 4.57. The summed E-state index contributed by atoms with van der Waals surface area (Å²) >= 11 is 0. The number of piperidine rings is 1. The third-order valence-electron chi connectivity index (χ3n) is 4.57. The van der Waals surface area contributed by atoms with Gasteiger partial charge in [0.25, 0.3) is 0 Å². The van der Waals surface area contributed by atoms with E-state index in [9.17, 15) is 0 Å². The van der Waals surface area contributed by atoms with Gasteiger partial charge in [0.1, 0.15) is 0 Å². The van der Waals surface area contributed by atoms with Crippen molar-refractivity contribution in [3.05, 3.63) is 0 Å². The van der Waals surface area contributed by atoms with Gasteiger partial charge in [-0.2, -0.15) is 0 Å². The van der Waals surface area contributed by atoms with Gasteiger partial charge in [-0.25, -0.2) is 0 Å². The average molecular weight is 256 g/mol. The maximum Gasteiger partial charge on any atom is 0.0618 e. The summed E-state index contributed by atoms with van der Waals surface area (Å²) in [5, 5.41) is 3.70. The Hall–Kier alpha value is -0.120. The van der Waals surface area contributed by atoms with Crippen molar-refractivity contribution in [2.24, 2.45) is 5.92 Å². The number of hydrogen-bond donors (Lipinski definition) is 1. The molecule has 0 spiro atoms. The van der Waals surface area contributed by atoms with Gasteiger partial charge in [-0.05, 0) is 38.6 Å². The molecule has 0 amide bonds. The molecule has 1 saturated heterocycles. The van der Waals surface area contributed by atoms with E-state index in [1.807, 2.05) is 7.11 Å². The maximum atomic E-state index is 5.37. The summed E-state index contributed by atoms with van der Waals surface area (Å²) in [7, 11) is 1.81. The molecule has 1 rings (SSSR count). The van der Waals surface area contributed by atoms with Crippen molar-refractivity contribution in [3.8, 4) is 0 Å². The lowest BCUT2D eigenvalue weighted by Crippen LogP contribution is -2.57. The Balaban J connectivity index is 2.55. The number of nitrogens with zero attached hydrogens (tertiary/aromatic N) is 1. The molecule has 3 heteroatoms. The van der Waals surface area contributed by atoms with Gasteiger partial charge in [0.05, 0.1) is 6.61 Å². The number of nitrogens with one attached hydrogen (secondary N) is 1. The molecule has 0 saturated carbocycles.